The van der Waals surface area contributed by atoms with Gasteiger partial charge in [-0.05, 0) is 69.2 Å². The lowest BCUT2D eigenvalue weighted by Crippen LogP contribution is -2.44. The summed E-state index contributed by atoms with van der Waals surface area (Å²) in [5.41, 5.74) is 0.685. The highest BCUT2D eigenvalue weighted by molar-refractivity contribution is 6.72. The maximum atomic E-state index is 15.7. The summed E-state index contributed by atoms with van der Waals surface area (Å²) in [6.45, 7) is 5.83. The van der Waals surface area contributed by atoms with E-state index in [1.165, 1.54) is 0 Å². The first-order chi connectivity index (χ1) is 17.2. The topological polar surface area (TPSA) is 90.9 Å². The molecule has 0 aromatic heterocycles. The minimum atomic E-state index is -3.28. The molecular formula is C27H34FN3O4Si. The molecule has 2 amide bonds. The van der Waals surface area contributed by atoms with Crippen molar-refractivity contribution >= 4 is 37.3 Å². The van der Waals surface area contributed by atoms with Crippen molar-refractivity contribution in [3.05, 3.63) is 54.1 Å². The minimum absolute atomic E-state index is 0.112. The van der Waals surface area contributed by atoms with Gasteiger partial charge < -0.3 is 24.6 Å². The number of amides is 2. The van der Waals surface area contributed by atoms with Crippen LogP contribution in [0.3, 0.4) is 0 Å². The number of aliphatic hydroxyl groups is 1. The summed E-state index contributed by atoms with van der Waals surface area (Å²) in [5.74, 6) is -0.830. The predicted octanol–water partition coefficient (Wildman–Crippen LogP) is 4.21. The van der Waals surface area contributed by atoms with Gasteiger partial charge in [-0.25, -0.2) is 0 Å². The van der Waals surface area contributed by atoms with Crippen molar-refractivity contribution < 1.29 is 23.5 Å². The summed E-state index contributed by atoms with van der Waals surface area (Å²) >= 11 is 0. The first-order valence-electron chi connectivity index (χ1n) is 12.7. The van der Waals surface area contributed by atoms with Crippen LogP contribution in [0.25, 0.3) is 0 Å². The second-order valence-electron chi connectivity index (χ2n) is 10.6. The summed E-state index contributed by atoms with van der Waals surface area (Å²) < 4.78 is 22.3. The number of halogens is 1. The molecule has 2 fully saturated rings. The number of ether oxygens (including phenoxy) is 1. The number of nitrogens with one attached hydrogen (secondary N) is 2. The van der Waals surface area contributed by atoms with Gasteiger partial charge in [-0.1, -0.05) is 25.1 Å². The summed E-state index contributed by atoms with van der Waals surface area (Å²) in [6, 6.07) is 14.5. The van der Waals surface area contributed by atoms with Crippen LogP contribution in [0.2, 0.25) is 18.6 Å². The van der Waals surface area contributed by atoms with Gasteiger partial charge in [0.2, 0.25) is 14.3 Å². The molecule has 36 heavy (non-hydrogen) atoms. The zero-order chi connectivity index (χ0) is 25.7. The van der Waals surface area contributed by atoms with Crippen molar-refractivity contribution in [2.45, 2.75) is 62.6 Å². The molecule has 5 rings (SSSR count). The number of carbonyl (C=O) groups is 2. The van der Waals surface area contributed by atoms with Crippen LogP contribution < -0.4 is 15.5 Å². The fourth-order valence-electron chi connectivity index (χ4n) is 6.42. The van der Waals surface area contributed by atoms with Crippen molar-refractivity contribution in [1.29, 1.82) is 0 Å². The van der Waals surface area contributed by atoms with Gasteiger partial charge in [-0.3, -0.25) is 14.5 Å². The molecule has 9 heteroatoms. The average molecular weight is 512 g/mol. The third-order valence-electron chi connectivity index (χ3n) is 7.94. The first kappa shape index (κ1) is 25.1. The number of anilines is 3. The molecule has 192 valence electrons. The lowest BCUT2D eigenvalue weighted by molar-refractivity contribution is -0.145. The number of nitrogens with zero attached hydrogens (tertiary/aromatic N) is 1. The van der Waals surface area contributed by atoms with E-state index in [2.05, 4.69) is 10.6 Å². The van der Waals surface area contributed by atoms with E-state index in [-0.39, 0.29) is 30.9 Å². The Hall–Kier alpha value is -2.59. The molecule has 2 aromatic carbocycles. The van der Waals surface area contributed by atoms with Gasteiger partial charge >= 0.3 is 0 Å². The van der Waals surface area contributed by atoms with Crippen LogP contribution in [-0.2, 0) is 19.9 Å². The molecule has 0 radical (unpaired) electrons. The lowest BCUT2D eigenvalue weighted by atomic mass is 9.82. The number of rotatable bonds is 6. The van der Waals surface area contributed by atoms with Crippen molar-refractivity contribution in [3.63, 3.8) is 0 Å². The fourth-order valence-corrected chi connectivity index (χ4v) is 8.96. The monoisotopic (exact) mass is 511 g/mol. The molecule has 2 aromatic rings. The Labute approximate surface area is 212 Å². The quantitative estimate of drug-likeness (QED) is 0.399. The highest BCUT2D eigenvalue weighted by Gasteiger charge is 2.66. The number of aliphatic hydroxyl groups excluding tert-OH is 1. The van der Waals surface area contributed by atoms with Gasteiger partial charge in [0.25, 0.3) is 5.91 Å². The second kappa shape index (κ2) is 9.37. The smallest absolute Gasteiger partial charge is 0.268 e. The SMILES string of the molecule is C[C@H]1[C@H]([Si](C)(C)F)[C@@H](CCO)O[C@]12C(=O)N(c1ccccc1)c1ccc(NC(=O)[C@H]3CCCN3)cc12. The van der Waals surface area contributed by atoms with Gasteiger partial charge in [0.05, 0.1) is 17.8 Å². The Morgan fingerprint density at radius 2 is 2.03 bits per heavy atom. The average Bonchev–Trinajstić information content (AvgIpc) is 3.53. The molecule has 3 N–H and O–H groups in total. The van der Waals surface area contributed by atoms with Crippen LogP contribution in [0.4, 0.5) is 21.2 Å². The van der Waals surface area contributed by atoms with E-state index in [4.69, 9.17) is 4.74 Å². The Kier molecular flexibility index (Phi) is 6.53. The van der Waals surface area contributed by atoms with Gasteiger partial charge in [0, 0.05) is 35.0 Å². The molecule has 3 aliphatic rings. The summed E-state index contributed by atoms with van der Waals surface area (Å²) in [5, 5.41) is 15.9. The third-order valence-corrected chi connectivity index (χ3v) is 10.4. The van der Waals surface area contributed by atoms with Crippen LogP contribution in [-0.4, -0.2) is 50.6 Å². The third kappa shape index (κ3) is 3.98. The number of fused-ring (bicyclic) bond motifs is 2. The normalized spacial score (nSPS) is 29.7. The number of para-hydroxylation sites is 1. The van der Waals surface area contributed by atoms with Gasteiger partial charge in [-0.2, -0.15) is 0 Å². The van der Waals surface area contributed by atoms with Crippen LogP contribution in [0.1, 0.15) is 31.7 Å². The maximum absolute atomic E-state index is 15.7. The minimum Gasteiger partial charge on any atom is -0.396 e. The van der Waals surface area contributed by atoms with E-state index in [0.717, 1.165) is 19.4 Å². The molecule has 7 nitrogen and oxygen atoms in total. The van der Waals surface area contributed by atoms with Gasteiger partial charge in [-0.15, -0.1) is 0 Å². The van der Waals surface area contributed by atoms with Crippen molar-refractivity contribution in [2.24, 2.45) is 5.92 Å². The highest BCUT2D eigenvalue weighted by atomic mass is 28.4. The fraction of sp³-hybridized carbons (Fsp3) is 0.481. The van der Waals surface area contributed by atoms with Gasteiger partial charge in [0.1, 0.15) is 0 Å². The van der Waals surface area contributed by atoms with E-state index >= 15 is 4.11 Å². The largest absolute Gasteiger partial charge is 0.396 e. The number of carbonyl (C=O) groups excluding carboxylic acids is 2. The maximum Gasteiger partial charge on any atom is 0.268 e. The summed E-state index contributed by atoms with van der Waals surface area (Å²) in [7, 11) is -3.28. The van der Waals surface area contributed by atoms with Gasteiger partial charge in [0.15, 0.2) is 5.60 Å². The van der Waals surface area contributed by atoms with E-state index in [9.17, 15) is 14.7 Å². The second-order valence-corrected chi connectivity index (χ2v) is 14.4. The molecule has 3 aliphatic heterocycles. The van der Waals surface area contributed by atoms with E-state index in [1.54, 1.807) is 24.1 Å². The summed E-state index contributed by atoms with van der Waals surface area (Å²) in [6.07, 6.45) is 1.41. The highest BCUT2D eigenvalue weighted by Crippen LogP contribution is 2.61. The zero-order valence-corrected chi connectivity index (χ0v) is 22.0. The Morgan fingerprint density at radius 1 is 1.28 bits per heavy atom. The van der Waals surface area contributed by atoms with E-state index in [1.807, 2.05) is 49.4 Å². The van der Waals surface area contributed by atoms with Crippen LogP contribution >= 0.6 is 0 Å². The predicted molar refractivity (Wildman–Crippen MR) is 139 cm³/mol. The molecule has 0 bridgehead atoms. The molecule has 1 spiro atoms. The first-order valence-corrected chi connectivity index (χ1v) is 15.7. The van der Waals surface area contributed by atoms with Crippen LogP contribution in [0, 0.1) is 5.92 Å². The molecular weight excluding hydrogens is 477 g/mol. The molecule has 2 saturated heterocycles. The standard InChI is InChI=1S/C27H34FN3O4Si/c1-17-24(36(2,3)28)23(13-15-32)35-27(17)20-16-18(30-25(33)21-10-7-14-29-21)11-12-22(20)31(26(27)34)19-8-5-4-6-9-19/h4-6,8-9,11-12,16-17,21,23-24,29,32H,7,10,13-15H2,1-3H3,(H,30,33)/t17-,21+,23+,24-,27+/m0/s1. The van der Waals surface area contributed by atoms with E-state index < -0.39 is 31.6 Å². The molecule has 0 aliphatic carbocycles. The number of benzene rings is 2. The summed E-state index contributed by atoms with van der Waals surface area (Å²) in [4.78, 5) is 28.7. The molecule has 0 unspecified atom stereocenters. The van der Waals surface area contributed by atoms with Crippen molar-refractivity contribution in [2.75, 3.05) is 23.4 Å². The van der Waals surface area contributed by atoms with Crippen molar-refractivity contribution in [1.82, 2.24) is 5.32 Å². The Bertz CT molecular complexity index is 1150. The Balaban J connectivity index is 1.62. The number of hydrogen-bond acceptors (Lipinski definition) is 5. The number of hydrogen-bond donors (Lipinski definition) is 3. The lowest BCUT2D eigenvalue weighted by Gasteiger charge is -2.31. The Morgan fingerprint density at radius 3 is 2.67 bits per heavy atom. The van der Waals surface area contributed by atoms with E-state index in [0.29, 0.717) is 22.6 Å². The molecule has 3 heterocycles. The van der Waals surface area contributed by atoms with Crippen LogP contribution in [0.5, 0.6) is 0 Å². The molecule has 0 saturated carbocycles. The van der Waals surface area contributed by atoms with Crippen molar-refractivity contribution in [3.8, 4) is 0 Å². The van der Waals surface area contributed by atoms with Crippen LogP contribution in [0.15, 0.2) is 48.5 Å². The zero-order valence-electron chi connectivity index (χ0n) is 21.0. The molecule has 5 atom stereocenters.